The molecule has 1 N–H and O–H groups in total. The number of hydrogen-bond donors (Lipinski definition) is 1. The number of rotatable bonds is 5. The standard InChI is InChI=1S/C16H20N2/c1-12(2)11-18-15(10-17-14-7-8-14)9-13-5-3-4-6-16(13)18/h3-6,9,14,17H,1,7-8,10-11H2,2H3. The maximum atomic E-state index is 4.04. The van der Waals surface area contributed by atoms with Crippen molar-refractivity contribution in [1.82, 2.24) is 9.88 Å². The zero-order chi connectivity index (χ0) is 12.5. The molecule has 18 heavy (non-hydrogen) atoms. The second-order valence-corrected chi connectivity index (χ2v) is 5.39. The van der Waals surface area contributed by atoms with Crippen LogP contribution in [0.25, 0.3) is 10.9 Å². The average Bonchev–Trinajstić information content (AvgIpc) is 3.11. The monoisotopic (exact) mass is 240 g/mol. The first-order valence-corrected chi connectivity index (χ1v) is 6.69. The molecule has 1 fully saturated rings. The highest BCUT2D eigenvalue weighted by Crippen LogP contribution is 2.23. The van der Waals surface area contributed by atoms with E-state index in [1.54, 1.807) is 0 Å². The van der Waals surface area contributed by atoms with E-state index in [0.29, 0.717) is 0 Å². The maximum Gasteiger partial charge on any atom is 0.0485 e. The molecule has 1 aliphatic rings. The Morgan fingerprint density at radius 3 is 2.89 bits per heavy atom. The normalized spacial score (nSPS) is 15.2. The molecule has 2 heteroatoms. The van der Waals surface area contributed by atoms with Gasteiger partial charge >= 0.3 is 0 Å². The fourth-order valence-corrected chi connectivity index (χ4v) is 2.41. The molecule has 0 bridgehead atoms. The summed E-state index contributed by atoms with van der Waals surface area (Å²) < 4.78 is 2.38. The Kier molecular flexibility index (Phi) is 2.96. The number of nitrogens with one attached hydrogen (secondary N) is 1. The van der Waals surface area contributed by atoms with Gasteiger partial charge in [0.25, 0.3) is 0 Å². The Morgan fingerprint density at radius 2 is 2.17 bits per heavy atom. The molecule has 94 valence electrons. The molecule has 2 aromatic rings. The lowest BCUT2D eigenvalue weighted by Crippen LogP contribution is -2.18. The lowest BCUT2D eigenvalue weighted by atomic mass is 10.2. The highest BCUT2D eigenvalue weighted by Gasteiger charge is 2.20. The van der Waals surface area contributed by atoms with Crippen LogP contribution < -0.4 is 5.32 Å². The summed E-state index contributed by atoms with van der Waals surface area (Å²) in [4.78, 5) is 0. The van der Waals surface area contributed by atoms with Crippen LogP contribution in [0.1, 0.15) is 25.5 Å². The molecule has 0 saturated heterocycles. The van der Waals surface area contributed by atoms with Crippen molar-refractivity contribution in [1.29, 1.82) is 0 Å². The summed E-state index contributed by atoms with van der Waals surface area (Å²) in [6.45, 7) is 8.01. The summed E-state index contributed by atoms with van der Waals surface area (Å²) in [5.74, 6) is 0. The van der Waals surface area contributed by atoms with Crippen molar-refractivity contribution in [2.24, 2.45) is 0 Å². The van der Waals surface area contributed by atoms with Crippen LogP contribution in [0.5, 0.6) is 0 Å². The van der Waals surface area contributed by atoms with Gasteiger partial charge in [0, 0.05) is 30.3 Å². The molecular weight excluding hydrogens is 220 g/mol. The van der Waals surface area contributed by atoms with Crippen LogP contribution in [0.15, 0.2) is 42.5 Å². The van der Waals surface area contributed by atoms with Gasteiger partial charge in [0.15, 0.2) is 0 Å². The third-order valence-electron chi connectivity index (χ3n) is 3.47. The number of allylic oxidation sites excluding steroid dienone is 1. The molecule has 0 radical (unpaired) electrons. The van der Waals surface area contributed by atoms with E-state index in [9.17, 15) is 0 Å². The predicted molar refractivity (Wildman–Crippen MR) is 76.6 cm³/mol. The minimum atomic E-state index is 0.751. The number of nitrogens with zero attached hydrogens (tertiary/aromatic N) is 1. The van der Waals surface area contributed by atoms with Gasteiger partial charge in [0.2, 0.25) is 0 Å². The van der Waals surface area contributed by atoms with Crippen molar-refractivity contribution < 1.29 is 0 Å². The Labute approximate surface area is 108 Å². The van der Waals surface area contributed by atoms with Crippen molar-refractivity contribution in [3.05, 3.63) is 48.2 Å². The van der Waals surface area contributed by atoms with E-state index in [1.165, 1.54) is 35.0 Å². The van der Waals surface area contributed by atoms with E-state index in [2.05, 4.69) is 53.7 Å². The van der Waals surface area contributed by atoms with Gasteiger partial charge in [-0.2, -0.15) is 0 Å². The summed E-state index contributed by atoms with van der Waals surface area (Å²) in [6.07, 6.45) is 2.67. The molecule has 1 aliphatic carbocycles. The SMILES string of the molecule is C=C(C)Cn1c(CNC2CC2)cc2ccccc21. The van der Waals surface area contributed by atoms with Crippen LogP contribution in [-0.2, 0) is 13.1 Å². The molecule has 1 aromatic carbocycles. The van der Waals surface area contributed by atoms with Gasteiger partial charge in [0.1, 0.15) is 0 Å². The first-order valence-electron chi connectivity index (χ1n) is 6.69. The largest absolute Gasteiger partial charge is 0.339 e. The minimum absolute atomic E-state index is 0.751. The molecule has 2 nitrogen and oxygen atoms in total. The van der Waals surface area contributed by atoms with Crippen molar-refractivity contribution in [3.63, 3.8) is 0 Å². The first-order chi connectivity index (χ1) is 8.74. The molecule has 0 amide bonds. The molecule has 3 rings (SSSR count). The highest BCUT2D eigenvalue weighted by atomic mass is 15.0. The summed E-state index contributed by atoms with van der Waals surface area (Å²) >= 11 is 0. The fraction of sp³-hybridized carbons (Fsp3) is 0.375. The van der Waals surface area contributed by atoms with Gasteiger partial charge in [-0.15, -0.1) is 0 Å². The van der Waals surface area contributed by atoms with E-state index in [0.717, 1.165) is 19.1 Å². The van der Waals surface area contributed by atoms with Crippen molar-refractivity contribution in [3.8, 4) is 0 Å². The number of hydrogen-bond acceptors (Lipinski definition) is 1. The second kappa shape index (κ2) is 4.62. The molecule has 1 aromatic heterocycles. The summed E-state index contributed by atoms with van der Waals surface area (Å²) in [5.41, 5.74) is 3.88. The van der Waals surface area contributed by atoms with Crippen LogP contribution in [0.2, 0.25) is 0 Å². The first kappa shape index (κ1) is 11.5. The average molecular weight is 240 g/mol. The predicted octanol–water partition coefficient (Wildman–Crippen LogP) is 3.47. The lowest BCUT2D eigenvalue weighted by molar-refractivity contribution is 0.639. The molecule has 0 aliphatic heterocycles. The Balaban J connectivity index is 1.95. The van der Waals surface area contributed by atoms with Gasteiger partial charge in [0.05, 0.1) is 0 Å². The van der Waals surface area contributed by atoms with Crippen molar-refractivity contribution in [2.45, 2.75) is 38.9 Å². The van der Waals surface area contributed by atoms with Crippen molar-refractivity contribution in [2.75, 3.05) is 0 Å². The minimum Gasteiger partial charge on any atom is -0.339 e. The molecule has 1 heterocycles. The second-order valence-electron chi connectivity index (χ2n) is 5.39. The van der Waals surface area contributed by atoms with E-state index in [1.807, 2.05) is 0 Å². The topological polar surface area (TPSA) is 17.0 Å². The van der Waals surface area contributed by atoms with Gasteiger partial charge in [-0.05, 0) is 37.3 Å². The van der Waals surface area contributed by atoms with Crippen molar-refractivity contribution >= 4 is 10.9 Å². The van der Waals surface area contributed by atoms with Crippen LogP contribution in [0.3, 0.4) is 0 Å². The van der Waals surface area contributed by atoms with Gasteiger partial charge in [-0.3, -0.25) is 0 Å². The molecule has 0 unspecified atom stereocenters. The third kappa shape index (κ3) is 2.34. The molecular formula is C16H20N2. The van der Waals surface area contributed by atoms with Crippen LogP contribution in [0, 0.1) is 0 Å². The quantitative estimate of drug-likeness (QED) is 0.792. The summed E-state index contributed by atoms with van der Waals surface area (Å²) in [5, 5.41) is 4.92. The van der Waals surface area contributed by atoms with Gasteiger partial charge in [-0.25, -0.2) is 0 Å². The molecule has 1 saturated carbocycles. The number of para-hydroxylation sites is 1. The molecule has 0 spiro atoms. The number of aromatic nitrogens is 1. The summed E-state index contributed by atoms with van der Waals surface area (Å²) in [6, 6.07) is 11.6. The number of fused-ring (bicyclic) bond motifs is 1. The zero-order valence-corrected chi connectivity index (χ0v) is 10.9. The van der Waals surface area contributed by atoms with E-state index in [4.69, 9.17) is 0 Å². The number of benzene rings is 1. The van der Waals surface area contributed by atoms with Crippen LogP contribution >= 0.6 is 0 Å². The smallest absolute Gasteiger partial charge is 0.0485 e. The Morgan fingerprint density at radius 1 is 1.39 bits per heavy atom. The van der Waals surface area contributed by atoms with Crippen LogP contribution in [-0.4, -0.2) is 10.6 Å². The third-order valence-corrected chi connectivity index (χ3v) is 3.47. The van der Waals surface area contributed by atoms with E-state index in [-0.39, 0.29) is 0 Å². The van der Waals surface area contributed by atoms with Gasteiger partial charge in [-0.1, -0.05) is 30.4 Å². The fourth-order valence-electron chi connectivity index (χ4n) is 2.41. The molecule has 0 atom stereocenters. The maximum absolute atomic E-state index is 4.04. The van der Waals surface area contributed by atoms with E-state index >= 15 is 0 Å². The Hall–Kier alpha value is -1.54. The van der Waals surface area contributed by atoms with E-state index < -0.39 is 0 Å². The summed E-state index contributed by atoms with van der Waals surface area (Å²) in [7, 11) is 0. The highest BCUT2D eigenvalue weighted by molar-refractivity contribution is 5.81. The van der Waals surface area contributed by atoms with Gasteiger partial charge < -0.3 is 9.88 Å². The zero-order valence-electron chi connectivity index (χ0n) is 10.9. The lowest BCUT2D eigenvalue weighted by Gasteiger charge is -2.11. The Bertz CT molecular complexity index is 576. The van der Waals surface area contributed by atoms with Crippen LogP contribution in [0.4, 0.5) is 0 Å².